The highest BCUT2D eigenvalue weighted by Gasteiger charge is 2.14. The van der Waals surface area contributed by atoms with Gasteiger partial charge in [-0.2, -0.15) is 5.10 Å². The molecule has 19 heavy (non-hydrogen) atoms. The molecule has 0 radical (unpaired) electrons. The van der Waals surface area contributed by atoms with Crippen molar-refractivity contribution in [1.29, 1.82) is 0 Å². The van der Waals surface area contributed by atoms with Gasteiger partial charge in [-0.05, 0) is 25.3 Å². The molecule has 0 N–H and O–H groups in total. The summed E-state index contributed by atoms with van der Waals surface area (Å²) in [4.78, 5) is 0. The van der Waals surface area contributed by atoms with Crippen LogP contribution in [-0.2, 0) is 13.0 Å². The van der Waals surface area contributed by atoms with Crippen LogP contribution >= 0.6 is 11.6 Å². The van der Waals surface area contributed by atoms with E-state index in [2.05, 4.69) is 24.2 Å². The second-order valence-corrected chi connectivity index (χ2v) is 4.92. The van der Waals surface area contributed by atoms with Crippen molar-refractivity contribution >= 4 is 11.6 Å². The molecule has 1 unspecified atom stereocenters. The number of nitrogens with zero attached hydrogens (tertiary/aromatic N) is 2. The summed E-state index contributed by atoms with van der Waals surface area (Å²) in [6, 6.07) is 10.2. The van der Waals surface area contributed by atoms with Crippen LogP contribution in [0.1, 0.15) is 30.0 Å². The summed E-state index contributed by atoms with van der Waals surface area (Å²) < 4.78 is 7.31. The first-order valence-corrected chi connectivity index (χ1v) is 6.97. The highest BCUT2D eigenvalue weighted by molar-refractivity contribution is 6.20. The van der Waals surface area contributed by atoms with E-state index < -0.39 is 0 Å². The summed E-state index contributed by atoms with van der Waals surface area (Å²) in [7, 11) is 1.68. The average molecular weight is 279 g/mol. The minimum atomic E-state index is 0.0195. The van der Waals surface area contributed by atoms with Gasteiger partial charge in [-0.1, -0.05) is 30.3 Å². The second-order valence-electron chi connectivity index (χ2n) is 4.39. The van der Waals surface area contributed by atoms with E-state index in [0.717, 1.165) is 36.4 Å². The molecule has 0 spiro atoms. The van der Waals surface area contributed by atoms with Crippen LogP contribution in [0.3, 0.4) is 0 Å². The molecule has 1 atom stereocenters. The molecule has 3 nitrogen and oxygen atoms in total. The first-order chi connectivity index (χ1) is 9.26. The molecule has 1 aromatic carbocycles. The molecule has 0 aliphatic carbocycles. The Bertz CT molecular complexity index is 489. The lowest BCUT2D eigenvalue weighted by molar-refractivity contribution is 0.406. The lowest BCUT2D eigenvalue weighted by atomic mass is 10.1. The Balaban J connectivity index is 2.04. The number of aromatic nitrogens is 2. The van der Waals surface area contributed by atoms with Crippen molar-refractivity contribution < 1.29 is 4.74 Å². The van der Waals surface area contributed by atoms with Crippen molar-refractivity contribution in [2.24, 2.45) is 0 Å². The van der Waals surface area contributed by atoms with Crippen molar-refractivity contribution in [3.05, 3.63) is 47.8 Å². The van der Waals surface area contributed by atoms with Crippen molar-refractivity contribution in [2.75, 3.05) is 7.11 Å². The Morgan fingerprint density at radius 2 is 2.05 bits per heavy atom. The zero-order chi connectivity index (χ0) is 13.7. The van der Waals surface area contributed by atoms with Crippen LogP contribution in [0.25, 0.3) is 0 Å². The van der Waals surface area contributed by atoms with E-state index in [0.29, 0.717) is 0 Å². The predicted octanol–water partition coefficient (Wildman–Crippen LogP) is 3.82. The maximum atomic E-state index is 6.44. The molecule has 102 valence electrons. The van der Waals surface area contributed by atoms with Crippen molar-refractivity contribution in [3.8, 4) is 5.75 Å². The van der Waals surface area contributed by atoms with Crippen molar-refractivity contribution in [3.63, 3.8) is 0 Å². The molecular formula is C15H19ClN2O. The first kappa shape index (κ1) is 13.9. The number of benzene rings is 1. The van der Waals surface area contributed by atoms with E-state index in [1.807, 2.05) is 22.9 Å². The molecule has 0 bridgehead atoms. The molecule has 0 fully saturated rings. The molecule has 2 rings (SSSR count). The number of alkyl halides is 1. The van der Waals surface area contributed by atoms with Gasteiger partial charge in [0.05, 0.1) is 24.4 Å². The Hall–Kier alpha value is -1.48. The average Bonchev–Trinajstić information content (AvgIpc) is 2.87. The summed E-state index contributed by atoms with van der Waals surface area (Å²) in [6.07, 6.45) is 3.50. The molecule has 0 aliphatic heterocycles. The first-order valence-electron chi connectivity index (χ1n) is 6.54. The molecule has 0 amide bonds. The normalized spacial score (nSPS) is 12.4. The molecule has 4 heteroatoms. The number of hydrogen-bond donors (Lipinski definition) is 0. The van der Waals surface area contributed by atoms with Crippen molar-refractivity contribution in [1.82, 2.24) is 9.78 Å². The van der Waals surface area contributed by atoms with Gasteiger partial charge in [-0.15, -0.1) is 11.6 Å². The highest BCUT2D eigenvalue weighted by Crippen LogP contribution is 2.28. The quantitative estimate of drug-likeness (QED) is 0.751. The zero-order valence-corrected chi connectivity index (χ0v) is 12.1. The molecule has 1 aromatic heterocycles. The fourth-order valence-corrected chi connectivity index (χ4v) is 2.44. The molecule has 1 heterocycles. The van der Waals surface area contributed by atoms with Gasteiger partial charge in [0.2, 0.25) is 0 Å². The Labute approximate surface area is 119 Å². The van der Waals surface area contributed by atoms with Crippen LogP contribution in [0.4, 0.5) is 0 Å². The smallest absolute Gasteiger partial charge is 0.159 e. The van der Waals surface area contributed by atoms with E-state index in [4.69, 9.17) is 16.3 Å². The summed E-state index contributed by atoms with van der Waals surface area (Å²) in [5, 5.41) is 4.32. The number of methoxy groups -OCH3 is 1. The topological polar surface area (TPSA) is 27.1 Å². The van der Waals surface area contributed by atoms with Gasteiger partial charge in [0.1, 0.15) is 0 Å². The van der Waals surface area contributed by atoms with Crippen LogP contribution in [-0.4, -0.2) is 16.9 Å². The summed E-state index contributed by atoms with van der Waals surface area (Å²) >= 11 is 6.44. The van der Waals surface area contributed by atoms with E-state index >= 15 is 0 Å². The van der Waals surface area contributed by atoms with Crippen LogP contribution in [0, 0.1) is 0 Å². The third-order valence-electron chi connectivity index (χ3n) is 3.23. The zero-order valence-electron chi connectivity index (χ0n) is 11.3. The van der Waals surface area contributed by atoms with Crippen LogP contribution in [0.2, 0.25) is 0 Å². The maximum Gasteiger partial charge on any atom is 0.159 e. The fourth-order valence-electron chi connectivity index (χ4n) is 2.18. The van der Waals surface area contributed by atoms with Gasteiger partial charge in [0.25, 0.3) is 0 Å². The predicted molar refractivity (Wildman–Crippen MR) is 77.8 cm³/mol. The van der Waals surface area contributed by atoms with Gasteiger partial charge in [-0.3, -0.25) is 4.68 Å². The summed E-state index contributed by atoms with van der Waals surface area (Å²) in [5.74, 6) is 0.846. The SMILES string of the molecule is CCn1ncc(OC)c1CCC(Cl)c1ccccc1. The summed E-state index contributed by atoms with van der Waals surface area (Å²) in [6.45, 7) is 2.92. The number of hydrogen-bond acceptors (Lipinski definition) is 2. The van der Waals surface area contributed by atoms with Crippen LogP contribution in [0.15, 0.2) is 36.5 Å². The largest absolute Gasteiger partial charge is 0.493 e. The Kier molecular flexibility index (Phi) is 4.86. The van der Waals surface area contributed by atoms with Gasteiger partial charge in [-0.25, -0.2) is 0 Å². The van der Waals surface area contributed by atoms with Crippen LogP contribution < -0.4 is 4.74 Å². The van der Waals surface area contributed by atoms with Gasteiger partial charge >= 0.3 is 0 Å². The minimum Gasteiger partial charge on any atom is -0.493 e. The molecule has 2 aromatic rings. The number of ether oxygens (including phenoxy) is 1. The lowest BCUT2D eigenvalue weighted by Gasteiger charge is -2.11. The van der Waals surface area contributed by atoms with E-state index in [1.54, 1.807) is 13.3 Å². The Morgan fingerprint density at radius 3 is 2.68 bits per heavy atom. The maximum absolute atomic E-state index is 6.44. The van der Waals surface area contributed by atoms with E-state index in [1.165, 1.54) is 0 Å². The van der Waals surface area contributed by atoms with Crippen molar-refractivity contribution in [2.45, 2.75) is 31.7 Å². The van der Waals surface area contributed by atoms with E-state index in [9.17, 15) is 0 Å². The van der Waals surface area contributed by atoms with Crippen LogP contribution in [0.5, 0.6) is 5.75 Å². The fraction of sp³-hybridized carbons (Fsp3) is 0.400. The molecular weight excluding hydrogens is 260 g/mol. The summed E-state index contributed by atoms with van der Waals surface area (Å²) in [5.41, 5.74) is 2.28. The number of halogens is 1. The van der Waals surface area contributed by atoms with Gasteiger partial charge in [0.15, 0.2) is 5.75 Å². The minimum absolute atomic E-state index is 0.0195. The van der Waals surface area contributed by atoms with E-state index in [-0.39, 0.29) is 5.38 Å². The lowest BCUT2D eigenvalue weighted by Crippen LogP contribution is -2.05. The number of aryl methyl sites for hydroxylation is 1. The number of rotatable bonds is 6. The van der Waals surface area contributed by atoms with Gasteiger partial charge in [0, 0.05) is 6.54 Å². The monoisotopic (exact) mass is 278 g/mol. The van der Waals surface area contributed by atoms with Gasteiger partial charge < -0.3 is 4.74 Å². The molecule has 0 saturated carbocycles. The second kappa shape index (κ2) is 6.62. The Morgan fingerprint density at radius 1 is 1.32 bits per heavy atom. The molecule has 0 aliphatic rings. The highest BCUT2D eigenvalue weighted by atomic mass is 35.5. The standard InChI is InChI=1S/C15H19ClN2O/c1-3-18-14(15(19-2)11-17-18)10-9-13(16)12-7-5-4-6-8-12/h4-8,11,13H,3,9-10H2,1-2H3. The third kappa shape index (κ3) is 3.29. The molecule has 0 saturated heterocycles. The third-order valence-corrected chi connectivity index (χ3v) is 3.70.